The lowest BCUT2D eigenvalue weighted by Gasteiger charge is -2.57. The van der Waals surface area contributed by atoms with Gasteiger partial charge in [-0.1, -0.05) is 24.9 Å². The predicted octanol–water partition coefficient (Wildman–Crippen LogP) is 5.03. The molecular formula is C21H32N2O. The normalized spacial score (nSPS) is 44.1. The molecule has 2 atom stereocenters. The number of rotatable bonds is 4. The molecule has 3 heteroatoms. The van der Waals surface area contributed by atoms with E-state index in [1.807, 2.05) is 0 Å². The van der Waals surface area contributed by atoms with Crippen LogP contribution in [-0.4, -0.2) is 10.7 Å². The van der Waals surface area contributed by atoms with E-state index in [0.717, 1.165) is 41.7 Å². The molecule has 132 valence electrons. The Morgan fingerprint density at radius 1 is 1.08 bits per heavy atom. The fourth-order valence-corrected chi connectivity index (χ4v) is 6.90. The quantitative estimate of drug-likeness (QED) is 0.842. The molecule has 1 aromatic heterocycles. The molecule has 5 aliphatic carbocycles. The van der Waals surface area contributed by atoms with Gasteiger partial charge in [-0.3, -0.25) is 0 Å². The molecule has 0 amide bonds. The van der Waals surface area contributed by atoms with Crippen LogP contribution < -0.4 is 5.32 Å². The third-order valence-corrected chi connectivity index (χ3v) is 7.60. The molecule has 5 saturated carbocycles. The van der Waals surface area contributed by atoms with Crippen LogP contribution >= 0.6 is 0 Å². The summed E-state index contributed by atoms with van der Waals surface area (Å²) in [6.07, 6.45) is 14.0. The molecule has 1 N–H and O–H groups in total. The van der Waals surface area contributed by atoms with E-state index in [9.17, 15) is 0 Å². The Labute approximate surface area is 145 Å². The summed E-state index contributed by atoms with van der Waals surface area (Å²) < 4.78 is 5.73. The summed E-state index contributed by atoms with van der Waals surface area (Å²) in [5.74, 6) is 5.59. The van der Waals surface area contributed by atoms with Crippen molar-refractivity contribution in [3.05, 3.63) is 17.5 Å². The van der Waals surface area contributed by atoms with Crippen LogP contribution in [0.25, 0.3) is 0 Å². The lowest BCUT2D eigenvalue weighted by molar-refractivity contribution is -0.0208. The number of aromatic nitrogens is 1. The topological polar surface area (TPSA) is 38.1 Å². The SMILES string of the molecule is CC1CCCC(c2cc(CNC34CC5CC(CC(C5)C3)C4)no2)C1. The van der Waals surface area contributed by atoms with Gasteiger partial charge in [0.15, 0.2) is 0 Å². The van der Waals surface area contributed by atoms with Gasteiger partial charge in [0.25, 0.3) is 0 Å². The zero-order chi connectivity index (χ0) is 16.1. The minimum absolute atomic E-state index is 0.424. The molecule has 0 radical (unpaired) electrons. The largest absolute Gasteiger partial charge is 0.361 e. The summed E-state index contributed by atoms with van der Waals surface area (Å²) in [6.45, 7) is 3.27. The van der Waals surface area contributed by atoms with Gasteiger partial charge in [-0.25, -0.2) is 0 Å². The Kier molecular flexibility index (Phi) is 3.77. The molecular weight excluding hydrogens is 296 g/mol. The van der Waals surface area contributed by atoms with E-state index in [0.29, 0.717) is 11.5 Å². The van der Waals surface area contributed by atoms with Gasteiger partial charge in [0.1, 0.15) is 5.76 Å². The van der Waals surface area contributed by atoms with Gasteiger partial charge in [-0.15, -0.1) is 0 Å². The van der Waals surface area contributed by atoms with E-state index in [2.05, 4.69) is 23.5 Å². The molecule has 0 saturated heterocycles. The molecule has 3 nitrogen and oxygen atoms in total. The van der Waals surface area contributed by atoms with Crippen molar-refractivity contribution in [1.82, 2.24) is 10.5 Å². The summed E-state index contributed by atoms with van der Waals surface area (Å²) in [5, 5.41) is 8.34. The van der Waals surface area contributed by atoms with Crippen LogP contribution in [0.4, 0.5) is 0 Å². The maximum absolute atomic E-state index is 5.73. The zero-order valence-corrected chi connectivity index (χ0v) is 15.1. The van der Waals surface area contributed by atoms with Crippen molar-refractivity contribution in [3.63, 3.8) is 0 Å². The van der Waals surface area contributed by atoms with Gasteiger partial charge in [0.2, 0.25) is 0 Å². The molecule has 0 aliphatic heterocycles. The summed E-state index contributed by atoms with van der Waals surface area (Å²) in [4.78, 5) is 0. The third kappa shape index (κ3) is 2.83. The molecule has 5 fully saturated rings. The van der Waals surface area contributed by atoms with E-state index in [-0.39, 0.29) is 0 Å². The third-order valence-electron chi connectivity index (χ3n) is 7.60. The first-order valence-electron chi connectivity index (χ1n) is 10.4. The van der Waals surface area contributed by atoms with Crippen molar-refractivity contribution in [1.29, 1.82) is 0 Å². The molecule has 1 aromatic rings. The second-order valence-corrected chi connectivity index (χ2v) is 9.74. The second-order valence-electron chi connectivity index (χ2n) is 9.74. The predicted molar refractivity (Wildman–Crippen MR) is 94.6 cm³/mol. The highest BCUT2D eigenvalue weighted by Gasteiger charge is 2.50. The standard InChI is InChI=1S/C21H32N2O/c1-14-3-2-4-18(5-14)20-9-19(23-24-20)13-22-21-10-15-6-16(11-21)8-17(7-15)12-21/h9,14-18,22H,2-8,10-13H2,1H3. The fourth-order valence-electron chi connectivity index (χ4n) is 6.90. The highest BCUT2D eigenvalue weighted by Crippen LogP contribution is 2.55. The van der Waals surface area contributed by atoms with Crippen molar-refractivity contribution in [3.8, 4) is 0 Å². The van der Waals surface area contributed by atoms with E-state index in [1.165, 1.54) is 64.2 Å². The minimum Gasteiger partial charge on any atom is -0.361 e. The maximum Gasteiger partial charge on any atom is 0.140 e. The van der Waals surface area contributed by atoms with Crippen LogP contribution in [0.5, 0.6) is 0 Å². The van der Waals surface area contributed by atoms with Gasteiger partial charge in [-0.2, -0.15) is 0 Å². The summed E-state index contributed by atoms with van der Waals surface area (Å²) in [5.41, 5.74) is 1.55. The van der Waals surface area contributed by atoms with Crippen molar-refractivity contribution < 1.29 is 4.52 Å². The Balaban J connectivity index is 1.23. The van der Waals surface area contributed by atoms with Crippen molar-refractivity contribution in [2.24, 2.45) is 23.7 Å². The number of nitrogens with one attached hydrogen (secondary N) is 1. The lowest BCUT2D eigenvalue weighted by Crippen LogP contribution is -2.58. The zero-order valence-electron chi connectivity index (χ0n) is 15.1. The van der Waals surface area contributed by atoms with Gasteiger partial charge in [0, 0.05) is 24.1 Å². The fraction of sp³-hybridized carbons (Fsp3) is 0.857. The molecule has 1 heterocycles. The first-order valence-corrected chi connectivity index (χ1v) is 10.4. The summed E-state index contributed by atoms with van der Waals surface area (Å²) in [6, 6.07) is 2.25. The van der Waals surface area contributed by atoms with E-state index in [4.69, 9.17) is 4.52 Å². The van der Waals surface area contributed by atoms with Crippen LogP contribution in [0.2, 0.25) is 0 Å². The van der Waals surface area contributed by atoms with Crippen LogP contribution in [0.3, 0.4) is 0 Å². The highest BCUT2D eigenvalue weighted by atomic mass is 16.5. The summed E-state index contributed by atoms with van der Waals surface area (Å²) in [7, 11) is 0. The molecule has 2 unspecified atom stereocenters. The highest BCUT2D eigenvalue weighted by molar-refractivity contribution is 5.13. The van der Waals surface area contributed by atoms with E-state index < -0.39 is 0 Å². The van der Waals surface area contributed by atoms with Crippen molar-refractivity contribution >= 4 is 0 Å². The van der Waals surface area contributed by atoms with Crippen LogP contribution in [0, 0.1) is 23.7 Å². The van der Waals surface area contributed by atoms with Crippen LogP contribution in [0.1, 0.15) is 88.5 Å². The smallest absolute Gasteiger partial charge is 0.140 e. The second kappa shape index (κ2) is 5.86. The minimum atomic E-state index is 0.424. The molecule has 6 rings (SSSR count). The Bertz CT molecular complexity index is 557. The monoisotopic (exact) mass is 328 g/mol. The van der Waals surface area contributed by atoms with Gasteiger partial charge < -0.3 is 9.84 Å². The molecule has 0 aromatic carbocycles. The average Bonchev–Trinajstić information content (AvgIpc) is 3.01. The average molecular weight is 329 g/mol. The lowest BCUT2D eigenvalue weighted by atomic mass is 9.53. The first-order chi connectivity index (χ1) is 11.7. The van der Waals surface area contributed by atoms with Crippen molar-refractivity contribution in [2.45, 2.75) is 89.1 Å². The molecule has 0 spiro atoms. The Morgan fingerprint density at radius 2 is 1.79 bits per heavy atom. The Hall–Kier alpha value is -0.830. The molecule has 4 bridgehead atoms. The van der Waals surface area contributed by atoms with E-state index >= 15 is 0 Å². The van der Waals surface area contributed by atoms with Gasteiger partial charge in [-0.05, 0) is 75.0 Å². The van der Waals surface area contributed by atoms with Gasteiger partial charge in [0.05, 0.1) is 5.69 Å². The van der Waals surface area contributed by atoms with Gasteiger partial charge >= 0.3 is 0 Å². The molecule has 5 aliphatic rings. The number of nitrogens with zero attached hydrogens (tertiary/aromatic N) is 1. The van der Waals surface area contributed by atoms with Crippen molar-refractivity contribution in [2.75, 3.05) is 0 Å². The first kappa shape index (κ1) is 15.4. The Morgan fingerprint density at radius 3 is 2.46 bits per heavy atom. The van der Waals surface area contributed by atoms with Crippen LogP contribution in [-0.2, 0) is 6.54 Å². The van der Waals surface area contributed by atoms with E-state index in [1.54, 1.807) is 0 Å². The van der Waals surface area contributed by atoms with Crippen LogP contribution in [0.15, 0.2) is 10.6 Å². The number of hydrogen-bond acceptors (Lipinski definition) is 3. The number of hydrogen-bond donors (Lipinski definition) is 1. The summed E-state index contributed by atoms with van der Waals surface area (Å²) >= 11 is 0. The molecule has 24 heavy (non-hydrogen) atoms. The maximum atomic E-state index is 5.73.